The average Bonchev–Trinajstić information content (AvgIpc) is 0.918. The molecule has 0 aromatic carbocycles. The molecule has 0 atom stereocenters. The van der Waals surface area contributed by atoms with Crippen LogP contribution in [-0.4, -0.2) is 17.6 Å². The molecular formula is CH8Cl2OSi. The number of halogens is 2. The van der Waals surface area contributed by atoms with E-state index in [1.807, 2.05) is 0 Å². The van der Waals surface area contributed by atoms with E-state index in [0.717, 1.165) is 10.5 Å². The van der Waals surface area contributed by atoms with Crippen LogP contribution in [0, 0.1) is 0 Å². The molecule has 5 heavy (non-hydrogen) atoms. The van der Waals surface area contributed by atoms with Crippen LogP contribution in [-0.2, 0) is 4.43 Å². The maximum absolute atomic E-state index is 4.39. The number of rotatable bonds is 0. The quantitative estimate of drug-likeness (QED) is 0.416. The molecule has 4 heteroatoms. The lowest BCUT2D eigenvalue weighted by Crippen LogP contribution is -1.60. The fourth-order valence-electron chi connectivity index (χ4n) is 0. The Morgan fingerprint density at radius 1 is 1.40 bits per heavy atom. The lowest BCUT2D eigenvalue weighted by molar-refractivity contribution is 0.460. The molecule has 1 nitrogen and oxygen atoms in total. The van der Waals surface area contributed by atoms with Gasteiger partial charge in [-0.2, -0.15) is 0 Å². The average molecular weight is 135 g/mol. The minimum absolute atomic E-state index is 0. The zero-order valence-corrected chi connectivity index (χ0v) is 6.86. The maximum Gasteiger partial charge on any atom is 0.145 e. The Hall–Kier alpha value is 0.757. The molecule has 0 unspecified atom stereocenters. The van der Waals surface area contributed by atoms with E-state index in [0.29, 0.717) is 0 Å². The first-order chi connectivity index (χ1) is 1.41. The summed E-state index contributed by atoms with van der Waals surface area (Å²) in [6.45, 7) is 0. The monoisotopic (exact) mass is 134 g/mol. The highest BCUT2D eigenvalue weighted by Gasteiger charge is 1.27. The molecule has 0 aromatic rings. The van der Waals surface area contributed by atoms with Crippen molar-refractivity contribution in [1.82, 2.24) is 0 Å². The summed E-state index contributed by atoms with van der Waals surface area (Å²) < 4.78 is 4.39. The summed E-state index contributed by atoms with van der Waals surface area (Å²) in [5.74, 6) is 0. The summed E-state index contributed by atoms with van der Waals surface area (Å²) in [6.07, 6.45) is 0. The zero-order valence-electron chi connectivity index (χ0n) is 3.22. The first-order valence-corrected chi connectivity index (χ1v) is 1.63. The molecule has 0 saturated carbocycles. The van der Waals surface area contributed by atoms with E-state index < -0.39 is 0 Å². The van der Waals surface area contributed by atoms with Crippen LogP contribution in [0.5, 0.6) is 0 Å². The number of hydrogen-bond donors (Lipinski definition) is 0. The molecule has 0 N–H and O–H groups in total. The SMILES string of the molecule is CO[SiH3].Cl.Cl. The molecule has 0 heterocycles. The van der Waals surface area contributed by atoms with Gasteiger partial charge in [-0.1, -0.05) is 0 Å². The van der Waals surface area contributed by atoms with Crippen molar-refractivity contribution in [2.45, 2.75) is 0 Å². The second-order valence-electron chi connectivity index (χ2n) is 0.408. The molecule has 0 saturated heterocycles. The van der Waals surface area contributed by atoms with Crippen LogP contribution < -0.4 is 0 Å². The molecule has 0 bridgehead atoms. The molecular weight excluding hydrogens is 127 g/mol. The number of hydrogen-bond acceptors (Lipinski definition) is 1. The predicted octanol–water partition coefficient (Wildman–Crippen LogP) is -0.243. The van der Waals surface area contributed by atoms with Crippen LogP contribution in [0.25, 0.3) is 0 Å². The van der Waals surface area contributed by atoms with Crippen molar-refractivity contribution in [3.05, 3.63) is 0 Å². The van der Waals surface area contributed by atoms with Gasteiger partial charge in [0.1, 0.15) is 10.5 Å². The lowest BCUT2D eigenvalue weighted by atomic mass is 11.8. The van der Waals surface area contributed by atoms with Crippen molar-refractivity contribution in [1.29, 1.82) is 0 Å². The Morgan fingerprint density at radius 2 is 1.40 bits per heavy atom. The third kappa shape index (κ3) is 63.1. The zero-order chi connectivity index (χ0) is 2.71. The molecule has 0 fully saturated rings. The van der Waals surface area contributed by atoms with Crippen LogP contribution >= 0.6 is 24.8 Å². The second kappa shape index (κ2) is 21.8. The fourth-order valence-corrected chi connectivity index (χ4v) is 0. The fraction of sp³-hybridized carbons (Fsp3) is 1.00. The molecule has 0 radical (unpaired) electrons. The van der Waals surface area contributed by atoms with Gasteiger partial charge in [-0.25, -0.2) is 0 Å². The van der Waals surface area contributed by atoms with Crippen molar-refractivity contribution in [3.8, 4) is 0 Å². The Bertz CT molecular complexity index is 9.61. The summed E-state index contributed by atoms with van der Waals surface area (Å²) in [6, 6.07) is 0. The molecule has 0 aromatic heterocycles. The summed E-state index contributed by atoms with van der Waals surface area (Å²) in [7, 11) is 2.56. The van der Waals surface area contributed by atoms with E-state index in [1.54, 1.807) is 7.11 Å². The Labute approximate surface area is 47.5 Å². The van der Waals surface area contributed by atoms with Crippen molar-refractivity contribution in [2.75, 3.05) is 7.11 Å². The van der Waals surface area contributed by atoms with Crippen molar-refractivity contribution in [3.63, 3.8) is 0 Å². The molecule has 0 aliphatic heterocycles. The Morgan fingerprint density at radius 3 is 1.40 bits per heavy atom. The topological polar surface area (TPSA) is 9.23 Å². The Balaban J connectivity index is -0.0000000200. The van der Waals surface area contributed by atoms with Gasteiger partial charge in [-0.05, 0) is 0 Å². The van der Waals surface area contributed by atoms with E-state index in [1.165, 1.54) is 0 Å². The van der Waals surface area contributed by atoms with Crippen LogP contribution in [0.2, 0.25) is 0 Å². The van der Waals surface area contributed by atoms with E-state index in [2.05, 4.69) is 4.43 Å². The standard InChI is InChI=1S/CH6OSi.2ClH/c1-2-3;;/h1,3H3;2*1H. The third-order valence-electron chi connectivity index (χ3n) is 0. The van der Waals surface area contributed by atoms with E-state index in [-0.39, 0.29) is 24.8 Å². The smallest absolute Gasteiger partial charge is 0.145 e. The molecule has 0 amide bonds. The molecule has 0 rings (SSSR count). The highest BCUT2D eigenvalue weighted by Crippen LogP contribution is 1.24. The van der Waals surface area contributed by atoms with E-state index in [4.69, 9.17) is 0 Å². The van der Waals surface area contributed by atoms with Gasteiger partial charge in [0.05, 0.1) is 0 Å². The first kappa shape index (κ1) is 17.1. The van der Waals surface area contributed by atoms with Crippen LogP contribution in [0.15, 0.2) is 0 Å². The highest BCUT2D eigenvalue weighted by atomic mass is 35.5. The molecule has 0 aliphatic rings. The first-order valence-electron chi connectivity index (χ1n) is 0.816. The van der Waals surface area contributed by atoms with Gasteiger partial charge < -0.3 is 4.43 Å². The van der Waals surface area contributed by atoms with Gasteiger partial charge in [0, 0.05) is 7.11 Å². The molecule has 36 valence electrons. The summed E-state index contributed by atoms with van der Waals surface area (Å²) >= 11 is 0. The van der Waals surface area contributed by atoms with Crippen molar-refractivity contribution in [2.24, 2.45) is 0 Å². The maximum atomic E-state index is 4.39. The van der Waals surface area contributed by atoms with Gasteiger partial charge in [0.25, 0.3) is 0 Å². The van der Waals surface area contributed by atoms with Gasteiger partial charge in [-0.15, -0.1) is 24.8 Å². The van der Waals surface area contributed by atoms with Crippen molar-refractivity contribution >= 4 is 35.3 Å². The van der Waals surface area contributed by atoms with Crippen LogP contribution in [0.4, 0.5) is 0 Å². The van der Waals surface area contributed by atoms with Gasteiger partial charge >= 0.3 is 0 Å². The highest BCUT2D eigenvalue weighted by molar-refractivity contribution is 5.97. The van der Waals surface area contributed by atoms with Gasteiger partial charge in [0.15, 0.2) is 0 Å². The second-order valence-corrected chi connectivity index (χ2v) is 1.22. The summed E-state index contributed by atoms with van der Waals surface area (Å²) in [5.41, 5.74) is 0. The summed E-state index contributed by atoms with van der Waals surface area (Å²) in [4.78, 5) is 0. The molecule has 0 spiro atoms. The largest absolute Gasteiger partial charge is 0.431 e. The normalized spacial score (nSPS) is 4.20. The predicted molar refractivity (Wildman–Crippen MR) is 31.4 cm³/mol. The van der Waals surface area contributed by atoms with Crippen molar-refractivity contribution < 1.29 is 4.43 Å². The van der Waals surface area contributed by atoms with E-state index >= 15 is 0 Å². The third-order valence-corrected chi connectivity index (χ3v) is 0. The minimum Gasteiger partial charge on any atom is -0.431 e. The van der Waals surface area contributed by atoms with Gasteiger partial charge in [-0.3, -0.25) is 0 Å². The lowest BCUT2D eigenvalue weighted by Gasteiger charge is -1.61. The van der Waals surface area contributed by atoms with E-state index in [9.17, 15) is 0 Å². The summed E-state index contributed by atoms with van der Waals surface area (Å²) in [5, 5.41) is 0. The molecule has 0 aliphatic carbocycles. The van der Waals surface area contributed by atoms with Crippen LogP contribution in [0.1, 0.15) is 0 Å². The van der Waals surface area contributed by atoms with Gasteiger partial charge in [0.2, 0.25) is 0 Å². The van der Waals surface area contributed by atoms with Crippen LogP contribution in [0.3, 0.4) is 0 Å². The minimum atomic E-state index is 0. The Kier molecular flexibility index (Phi) is 74.6.